The molecule has 0 aromatic rings. The van der Waals surface area contributed by atoms with Gasteiger partial charge in [0.2, 0.25) is 0 Å². The number of hydrogen-bond acceptors (Lipinski definition) is 2. The fourth-order valence-corrected chi connectivity index (χ4v) is 1.35. The van der Waals surface area contributed by atoms with Gasteiger partial charge in [-0.05, 0) is 40.0 Å². The van der Waals surface area contributed by atoms with Crippen LogP contribution in [-0.4, -0.2) is 24.2 Å². The smallest absolute Gasteiger partial charge is 0.252 e. The van der Waals surface area contributed by atoms with Crippen molar-refractivity contribution in [2.75, 3.05) is 7.11 Å². The lowest BCUT2D eigenvalue weighted by atomic mass is 9.78. The van der Waals surface area contributed by atoms with Crippen LogP contribution in [-0.2, 0) is 9.53 Å². The van der Waals surface area contributed by atoms with Gasteiger partial charge >= 0.3 is 0 Å². The Bertz CT molecular complexity index is 207. The maximum absolute atomic E-state index is 11.7. The largest absolute Gasteiger partial charge is 0.369 e. The lowest BCUT2D eigenvalue weighted by molar-refractivity contribution is -0.142. The van der Waals surface area contributed by atoms with Crippen molar-refractivity contribution >= 4 is 5.91 Å². The summed E-state index contributed by atoms with van der Waals surface area (Å²) in [4.78, 5) is 11.7. The van der Waals surface area contributed by atoms with E-state index < -0.39 is 5.60 Å². The zero-order valence-corrected chi connectivity index (χ0v) is 8.94. The molecule has 1 amide bonds. The van der Waals surface area contributed by atoms with E-state index >= 15 is 0 Å². The van der Waals surface area contributed by atoms with Gasteiger partial charge < -0.3 is 10.1 Å². The molecule has 13 heavy (non-hydrogen) atoms. The first-order chi connectivity index (χ1) is 5.90. The summed E-state index contributed by atoms with van der Waals surface area (Å²) in [6.45, 7) is 5.65. The van der Waals surface area contributed by atoms with Gasteiger partial charge in [-0.1, -0.05) is 0 Å². The molecule has 0 heterocycles. The van der Waals surface area contributed by atoms with Crippen LogP contribution in [0.1, 0.15) is 40.0 Å². The number of rotatable bonds is 3. The number of nitrogens with one attached hydrogen (secondary N) is 1. The van der Waals surface area contributed by atoms with E-state index in [9.17, 15) is 4.79 Å². The molecule has 0 aliphatic heterocycles. The number of ether oxygens (including phenoxy) is 1. The monoisotopic (exact) mass is 185 g/mol. The molecule has 0 radical (unpaired) electrons. The van der Waals surface area contributed by atoms with E-state index in [1.54, 1.807) is 21.0 Å². The Morgan fingerprint density at radius 2 is 2.00 bits per heavy atom. The lowest BCUT2D eigenvalue weighted by Crippen LogP contribution is -2.56. The van der Waals surface area contributed by atoms with Gasteiger partial charge in [0.05, 0.1) is 0 Å². The van der Waals surface area contributed by atoms with Crippen molar-refractivity contribution in [3.63, 3.8) is 0 Å². The second kappa shape index (κ2) is 3.29. The van der Waals surface area contributed by atoms with Crippen LogP contribution in [0.25, 0.3) is 0 Å². The van der Waals surface area contributed by atoms with Crippen molar-refractivity contribution in [2.24, 2.45) is 0 Å². The van der Waals surface area contributed by atoms with Crippen molar-refractivity contribution in [1.29, 1.82) is 0 Å². The Morgan fingerprint density at radius 3 is 2.31 bits per heavy atom. The first kappa shape index (κ1) is 10.5. The quantitative estimate of drug-likeness (QED) is 0.723. The lowest BCUT2D eigenvalue weighted by Gasteiger charge is -2.41. The van der Waals surface area contributed by atoms with Gasteiger partial charge in [-0.15, -0.1) is 0 Å². The van der Waals surface area contributed by atoms with Crippen LogP contribution >= 0.6 is 0 Å². The minimum atomic E-state index is -0.710. The SMILES string of the molecule is COC(C)(C)C(=O)NC1(C)CCC1. The van der Waals surface area contributed by atoms with Gasteiger partial charge in [-0.25, -0.2) is 0 Å². The molecule has 1 saturated carbocycles. The maximum Gasteiger partial charge on any atom is 0.252 e. The van der Waals surface area contributed by atoms with E-state index in [0.717, 1.165) is 12.8 Å². The van der Waals surface area contributed by atoms with Gasteiger partial charge in [0.1, 0.15) is 5.60 Å². The highest BCUT2D eigenvalue weighted by atomic mass is 16.5. The summed E-state index contributed by atoms with van der Waals surface area (Å²) < 4.78 is 5.10. The zero-order valence-electron chi connectivity index (χ0n) is 8.94. The highest BCUT2D eigenvalue weighted by Crippen LogP contribution is 2.31. The molecule has 1 aliphatic carbocycles. The summed E-state index contributed by atoms with van der Waals surface area (Å²) >= 11 is 0. The van der Waals surface area contributed by atoms with Crippen molar-refractivity contribution in [3.8, 4) is 0 Å². The van der Waals surface area contributed by atoms with E-state index in [0.29, 0.717) is 0 Å². The third-order valence-corrected chi connectivity index (χ3v) is 2.93. The summed E-state index contributed by atoms with van der Waals surface area (Å²) in [5.74, 6) is -0.0165. The molecule has 0 atom stereocenters. The van der Waals surface area contributed by atoms with Crippen LogP contribution in [0.4, 0.5) is 0 Å². The molecule has 0 saturated heterocycles. The molecule has 1 rings (SSSR count). The van der Waals surface area contributed by atoms with Crippen LogP contribution < -0.4 is 5.32 Å². The van der Waals surface area contributed by atoms with Gasteiger partial charge in [0.25, 0.3) is 5.91 Å². The molecule has 0 bridgehead atoms. The second-order valence-electron chi connectivity index (χ2n) is 4.58. The highest BCUT2D eigenvalue weighted by Gasteiger charge is 2.37. The molecule has 0 aromatic heterocycles. The Balaban J connectivity index is 2.49. The molecule has 1 fully saturated rings. The number of amides is 1. The Morgan fingerprint density at radius 1 is 1.46 bits per heavy atom. The third-order valence-electron chi connectivity index (χ3n) is 2.93. The highest BCUT2D eigenvalue weighted by molar-refractivity contribution is 5.85. The molecule has 0 spiro atoms. The molecule has 1 aliphatic rings. The Labute approximate surface area is 79.8 Å². The minimum absolute atomic E-state index is 0.0165. The summed E-state index contributed by atoms with van der Waals surface area (Å²) in [7, 11) is 1.56. The van der Waals surface area contributed by atoms with Gasteiger partial charge in [-0.2, -0.15) is 0 Å². The third kappa shape index (κ3) is 2.21. The fourth-order valence-electron chi connectivity index (χ4n) is 1.35. The van der Waals surface area contributed by atoms with Gasteiger partial charge in [0.15, 0.2) is 0 Å². The van der Waals surface area contributed by atoms with E-state index in [1.807, 2.05) is 0 Å². The number of hydrogen-bond donors (Lipinski definition) is 1. The Hall–Kier alpha value is -0.570. The molecule has 3 heteroatoms. The van der Waals surface area contributed by atoms with Crippen molar-refractivity contribution < 1.29 is 9.53 Å². The first-order valence-electron chi connectivity index (χ1n) is 4.77. The number of methoxy groups -OCH3 is 1. The molecule has 0 unspecified atom stereocenters. The van der Waals surface area contributed by atoms with Crippen LogP contribution in [0.2, 0.25) is 0 Å². The number of carbonyl (C=O) groups is 1. The summed E-state index contributed by atoms with van der Waals surface area (Å²) in [5.41, 5.74) is -0.689. The topological polar surface area (TPSA) is 38.3 Å². The zero-order chi connectivity index (χ0) is 10.1. The average Bonchev–Trinajstić information content (AvgIpc) is 2.01. The average molecular weight is 185 g/mol. The van der Waals surface area contributed by atoms with Crippen molar-refractivity contribution in [1.82, 2.24) is 5.32 Å². The van der Waals surface area contributed by atoms with Gasteiger partial charge in [0, 0.05) is 12.6 Å². The predicted molar refractivity (Wildman–Crippen MR) is 51.5 cm³/mol. The van der Waals surface area contributed by atoms with Crippen LogP contribution in [0.15, 0.2) is 0 Å². The van der Waals surface area contributed by atoms with Crippen LogP contribution in [0, 0.1) is 0 Å². The second-order valence-corrected chi connectivity index (χ2v) is 4.58. The summed E-state index contributed by atoms with van der Waals surface area (Å²) in [6, 6.07) is 0. The van der Waals surface area contributed by atoms with Crippen LogP contribution in [0.5, 0.6) is 0 Å². The molecule has 76 valence electrons. The molecule has 0 aromatic carbocycles. The standard InChI is InChI=1S/C10H19NO2/c1-9(2,13-4)8(12)11-10(3)6-5-7-10/h5-7H2,1-4H3,(H,11,12). The minimum Gasteiger partial charge on any atom is -0.369 e. The maximum atomic E-state index is 11.7. The molecule has 3 nitrogen and oxygen atoms in total. The van der Waals surface area contributed by atoms with Gasteiger partial charge in [-0.3, -0.25) is 4.79 Å². The first-order valence-corrected chi connectivity index (χ1v) is 4.77. The van der Waals surface area contributed by atoms with E-state index in [2.05, 4.69) is 12.2 Å². The fraction of sp³-hybridized carbons (Fsp3) is 0.900. The normalized spacial score (nSPS) is 20.6. The molecular formula is C10H19NO2. The van der Waals surface area contributed by atoms with E-state index in [1.165, 1.54) is 6.42 Å². The van der Waals surface area contributed by atoms with E-state index in [-0.39, 0.29) is 11.4 Å². The predicted octanol–water partition coefficient (Wildman–Crippen LogP) is 1.47. The summed E-state index contributed by atoms with van der Waals surface area (Å²) in [6.07, 6.45) is 3.38. The molecule has 1 N–H and O–H groups in total. The van der Waals surface area contributed by atoms with Crippen molar-refractivity contribution in [3.05, 3.63) is 0 Å². The number of carbonyl (C=O) groups excluding carboxylic acids is 1. The van der Waals surface area contributed by atoms with Crippen molar-refractivity contribution in [2.45, 2.75) is 51.2 Å². The Kier molecular flexibility index (Phi) is 2.66. The molecular weight excluding hydrogens is 166 g/mol. The summed E-state index contributed by atoms with van der Waals surface area (Å²) in [5, 5.41) is 3.02. The van der Waals surface area contributed by atoms with Crippen LogP contribution in [0.3, 0.4) is 0 Å². The van der Waals surface area contributed by atoms with E-state index in [4.69, 9.17) is 4.74 Å².